The highest BCUT2D eigenvalue weighted by atomic mass is 35.5. The normalized spacial score (nSPS) is 10.7. The van der Waals surface area contributed by atoms with Gasteiger partial charge in [0, 0.05) is 11.9 Å². The Hall–Kier alpha value is -3.78. The molecule has 0 saturated heterocycles. The third-order valence-corrected chi connectivity index (χ3v) is 4.60. The van der Waals surface area contributed by atoms with E-state index in [0.717, 1.165) is 6.07 Å². The first kappa shape index (κ1) is 19.5. The van der Waals surface area contributed by atoms with Crippen LogP contribution in [0.5, 0.6) is 0 Å². The smallest absolute Gasteiger partial charge is 0.257 e. The van der Waals surface area contributed by atoms with Crippen LogP contribution in [-0.4, -0.2) is 26.4 Å². The number of carbonyl (C=O) groups is 2. The van der Waals surface area contributed by atoms with Crippen LogP contribution in [0.1, 0.15) is 16.2 Å². The van der Waals surface area contributed by atoms with E-state index in [0.29, 0.717) is 28.4 Å². The first-order valence-corrected chi connectivity index (χ1v) is 9.32. The number of nitrogens with zero attached hydrogens (tertiary/aromatic N) is 3. The molecule has 4 aromatic rings. The van der Waals surface area contributed by atoms with Crippen molar-refractivity contribution in [3.8, 4) is 0 Å². The Bertz CT molecular complexity index is 1240. The molecular formula is C21H15ClFN5O2. The van der Waals surface area contributed by atoms with E-state index >= 15 is 0 Å². The maximum atomic E-state index is 13.2. The van der Waals surface area contributed by atoms with Crippen molar-refractivity contribution in [1.82, 2.24) is 14.6 Å². The third kappa shape index (κ3) is 4.28. The number of pyridine rings is 1. The summed E-state index contributed by atoms with van der Waals surface area (Å²) in [6, 6.07) is 16.0. The number of carbonyl (C=O) groups excluding carboxylic acids is 2. The second-order valence-corrected chi connectivity index (χ2v) is 6.84. The van der Waals surface area contributed by atoms with Crippen LogP contribution >= 0.6 is 11.6 Å². The largest absolute Gasteiger partial charge is 0.324 e. The maximum absolute atomic E-state index is 13.2. The molecule has 0 fully saturated rings. The third-order valence-electron chi connectivity index (χ3n) is 4.29. The molecule has 0 radical (unpaired) electrons. The number of amides is 2. The fourth-order valence-electron chi connectivity index (χ4n) is 2.85. The molecule has 4 rings (SSSR count). The number of anilines is 2. The van der Waals surface area contributed by atoms with Crippen LogP contribution in [0.2, 0.25) is 5.02 Å². The number of aromatic nitrogens is 3. The molecule has 9 heteroatoms. The number of hydrogen-bond donors (Lipinski definition) is 2. The van der Waals surface area contributed by atoms with E-state index in [4.69, 9.17) is 11.6 Å². The minimum Gasteiger partial charge on any atom is -0.324 e. The van der Waals surface area contributed by atoms with Crippen LogP contribution in [0.4, 0.5) is 15.8 Å². The minimum atomic E-state index is -0.497. The van der Waals surface area contributed by atoms with Crippen molar-refractivity contribution in [3.63, 3.8) is 0 Å². The number of benzene rings is 2. The van der Waals surface area contributed by atoms with E-state index in [9.17, 15) is 14.0 Å². The molecule has 0 aliphatic rings. The van der Waals surface area contributed by atoms with Gasteiger partial charge in [-0.1, -0.05) is 29.8 Å². The molecule has 2 N–H and O–H groups in total. The van der Waals surface area contributed by atoms with Gasteiger partial charge in [0.05, 0.1) is 22.7 Å². The standard InChI is InChI=1S/C21H15ClFN5O2/c22-16-10-14(23)7-8-17(16)25-20(29)11-19-27-26-18-9-6-13(12-28(18)19)21(30)24-15-4-2-1-3-5-15/h1-10,12H,11H2,(H,24,30)(H,25,29). The summed E-state index contributed by atoms with van der Waals surface area (Å²) in [7, 11) is 0. The Morgan fingerprint density at radius 2 is 1.80 bits per heavy atom. The zero-order valence-electron chi connectivity index (χ0n) is 15.5. The van der Waals surface area contributed by atoms with Crippen LogP contribution < -0.4 is 10.6 Å². The van der Waals surface area contributed by atoms with Crippen LogP contribution in [0.15, 0.2) is 66.9 Å². The zero-order valence-corrected chi connectivity index (χ0v) is 16.2. The van der Waals surface area contributed by atoms with Gasteiger partial charge in [-0.25, -0.2) is 4.39 Å². The number of para-hydroxylation sites is 1. The minimum absolute atomic E-state index is 0.0920. The molecule has 2 aromatic heterocycles. The predicted molar refractivity (Wildman–Crippen MR) is 111 cm³/mol. The van der Waals surface area contributed by atoms with Crippen molar-refractivity contribution >= 4 is 40.4 Å². The second kappa shape index (κ2) is 8.30. The van der Waals surface area contributed by atoms with Gasteiger partial charge in [-0.05, 0) is 42.5 Å². The van der Waals surface area contributed by atoms with Crippen molar-refractivity contribution in [2.75, 3.05) is 10.6 Å². The highest BCUT2D eigenvalue weighted by Crippen LogP contribution is 2.22. The van der Waals surface area contributed by atoms with Gasteiger partial charge >= 0.3 is 0 Å². The van der Waals surface area contributed by atoms with Gasteiger partial charge in [-0.15, -0.1) is 10.2 Å². The van der Waals surface area contributed by atoms with Crippen LogP contribution in [0, 0.1) is 5.82 Å². The van der Waals surface area contributed by atoms with Gasteiger partial charge in [-0.2, -0.15) is 0 Å². The second-order valence-electron chi connectivity index (χ2n) is 6.43. The van der Waals surface area contributed by atoms with Gasteiger partial charge in [-0.3, -0.25) is 14.0 Å². The molecular weight excluding hydrogens is 409 g/mol. The highest BCUT2D eigenvalue weighted by Gasteiger charge is 2.15. The van der Waals surface area contributed by atoms with Gasteiger partial charge in [0.15, 0.2) is 5.65 Å². The van der Waals surface area contributed by atoms with Crippen molar-refractivity contribution in [2.24, 2.45) is 0 Å². The molecule has 0 spiro atoms. The molecule has 2 aromatic carbocycles. The molecule has 30 heavy (non-hydrogen) atoms. The van der Waals surface area contributed by atoms with E-state index < -0.39 is 11.7 Å². The van der Waals surface area contributed by atoms with E-state index in [2.05, 4.69) is 20.8 Å². The molecule has 0 atom stereocenters. The summed E-state index contributed by atoms with van der Waals surface area (Å²) in [5, 5.41) is 13.5. The van der Waals surface area contributed by atoms with Crippen molar-refractivity contribution in [1.29, 1.82) is 0 Å². The van der Waals surface area contributed by atoms with Crippen molar-refractivity contribution in [3.05, 3.63) is 89.1 Å². The average Bonchev–Trinajstić information content (AvgIpc) is 3.13. The van der Waals surface area contributed by atoms with Crippen molar-refractivity contribution in [2.45, 2.75) is 6.42 Å². The Kier molecular flexibility index (Phi) is 5.40. The Morgan fingerprint density at radius 1 is 1.00 bits per heavy atom. The summed E-state index contributed by atoms with van der Waals surface area (Å²) in [5.74, 6) is -0.861. The Labute approximate surface area is 175 Å². The highest BCUT2D eigenvalue weighted by molar-refractivity contribution is 6.33. The summed E-state index contributed by atoms with van der Waals surface area (Å²) < 4.78 is 14.7. The van der Waals surface area contributed by atoms with Crippen LogP contribution in [0.3, 0.4) is 0 Å². The molecule has 0 unspecified atom stereocenters. The lowest BCUT2D eigenvalue weighted by Gasteiger charge is -2.08. The summed E-state index contributed by atoms with van der Waals surface area (Å²) in [6.45, 7) is 0. The van der Waals surface area contributed by atoms with E-state index in [1.165, 1.54) is 12.1 Å². The quantitative estimate of drug-likeness (QED) is 0.508. The van der Waals surface area contributed by atoms with Gasteiger partial charge < -0.3 is 10.6 Å². The fourth-order valence-corrected chi connectivity index (χ4v) is 3.06. The van der Waals surface area contributed by atoms with E-state index in [1.807, 2.05) is 18.2 Å². The lowest BCUT2D eigenvalue weighted by Crippen LogP contribution is -2.17. The number of nitrogens with one attached hydrogen (secondary N) is 2. The molecule has 7 nitrogen and oxygen atoms in total. The zero-order chi connectivity index (χ0) is 21.1. The van der Waals surface area contributed by atoms with E-state index in [-0.39, 0.29) is 17.4 Å². The Morgan fingerprint density at radius 3 is 2.57 bits per heavy atom. The summed E-state index contributed by atoms with van der Waals surface area (Å²) in [4.78, 5) is 24.9. The summed E-state index contributed by atoms with van der Waals surface area (Å²) >= 11 is 5.94. The number of rotatable bonds is 5. The molecule has 0 aliphatic heterocycles. The summed E-state index contributed by atoms with van der Waals surface area (Å²) in [6.07, 6.45) is 1.46. The molecule has 2 amide bonds. The van der Waals surface area contributed by atoms with Gasteiger partial charge in [0.1, 0.15) is 11.6 Å². The number of fused-ring (bicyclic) bond motifs is 1. The molecule has 0 saturated carbocycles. The molecule has 0 aliphatic carbocycles. The summed E-state index contributed by atoms with van der Waals surface area (Å²) in [5.41, 5.74) is 1.84. The number of hydrogen-bond acceptors (Lipinski definition) is 4. The monoisotopic (exact) mass is 423 g/mol. The van der Waals surface area contributed by atoms with Crippen molar-refractivity contribution < 1.29 is 14.0 Å². The topological polar surface area (TPSA) is 88.4 Å². The predicted octanol–water partition coefficient (Wildman–Crippen LogP) is 3.96. The first-order chi connectivity index (χ1) is 14.5. The SMILES string of the molecule is O=C(Cc1nnc2ccc(C(=O)Nc3ccccc3)cn12)Nc1ccc(F)cc1Cl. The number of halogens is 2. The molecule has 150 valence electrons. The van der Waals surface area contributed by atoms with Gasteiger partial charge in [0.2, 0.25) is 5.91 Å². The van der Waals surface area contributed by atoms with Crippen LogP contribution in [-0.2, 0) is 11.2 Å². The van der Waals surface area contributed by atoms with Gasteiger partial charge in [0.25, 0.3) is 5.91 Å². The lowest BCUT2D eigenvalue weighted by molar-refractivity contribution is -0.115. The first-order valence-electron chi connectivity index (χ1n) is 8.94. The maximum Gasteiger partial charge on any atom is 0.257 e. The Balaban J connectivity index is 1.52. The average molecular weight is 424 g/mol. The fraction of sp³-hybridized carbons (Fsp3) is 0.0476. The van der Waals surface area contributed by atoms with Crippen LogP contribution in [0.25, 0.3) is 5.65 Å². The lowest BCUT2D eigenvalue weighted by atomic mass is 10.2. The molecule has 2 heterocycles. The van der Waals surface area contributed by atoms with E-state index in [1.54, 1.807) is 34.9 Å². The molecule has 0 bridgehead atoms.